The summed E-state index contributed by atoms with van der Waals surface area (Å²) in [4.78, 5) is 10.4. The van der Waals surface area contributed by atoms with Gasteiger partial charge in [0.05, 0.1) is 11.4 Å². The molecule has 0 aliphatic rings. The molecule has 96 valence electrons. The number of anilines is 1. The van der Waals surface area contributed by atoms with Gasteiger partial charge in [-0.2, -0.15) is 10.2 Å². The van der Waals surface area contributed by atoms with Crippen LogP contribution in [0.2, 0.25) is 0 Å². The summed E-state index contributed by atoms with van der Waals surface area (Å²) in [7, 11) is 0. The van der Waals surface area contributed by atoms with E-state index < -0.39 is 0 Å². The lowest BCUT2D eigenvalue weighted by Crippen LogP contribution is -1.95. The van der Waals surface area contributed by atoms with Gasteiger partial charge in [-0.05, 0) is 49.2 Å². The minimum absolute atomic E-state index is 0.664. The van der Waals surface area contributed by atoms with Gasteiger partial charge in [-0.1, -0.05) is 18.2 Å². The highest BCUT2D eigenvalue weighted by molar-refractivity contribution is 5.74. The van der Waals surface area contributed by atoms with Crippen molar-refractivity contribution in [2.45, 2.75) is 13.8 Å². The van der Waals surface area contributed by atoms with Crippen LogP contribution in [0.3, 0.4) is 0 Å². The average Bonchev–Trinajstić information content (AvgIpc) is 2.41. The summed E-state index contributed by atoms with van der Waals surface area (Å²) < 4.78 is 0. The van der Waals surface area contributed by atoms with Crippen LogP contribution in [0.15, 0.2) is 52.7 Å². The van der Waals surface area contributed by atoms with Crippen molar-refractivity contribution >= 4 is 23.5 Å². The number of amides is 1. The number of hydrogen-bond donors (Lipinski definition) is 1. The van der Waals surface area contributed by atoms with Gasteiger partial charge in [0.15, 0.2) is 0 Å². The fourth-order valence-corrected chi connectivity index (χ4v) is 1.72. The van der Waals surface area contributed by atoms with Gasteiger partial charge >= 0.3 is 0 Å². The first-order chi connectivity index (χ1) is 9.20. The molecule has 0 atom stereocenters. The van der Waals surface area contributed by atoms with Gasteiger partial charge in [-0.15, -0.1) is 0 Å². The Hall–Kier alpha value is -2.49. The van der Waals surface area contributed by atoms with Crippen LogP contribution in [0.1, 0.15) is 11.1 Å². The number of nitrogens with zero attached hydrogens (tertiary/aromatic N) is 2. The Morgan fingerprint density at radius 2 is 1.79 bits per heavy atom. The molecule has 2 rings (SSSR count). The van der Waals surface area contributed by atoms with Gasteiger partial charge in [0.1, 0.15) is 0 Å². The van der Waals surface area contributed by atoms with E-state index in [9.17, 15) is 4.79 Å². The maximum absolute atomic E-state index is 10.4. The number of azo groups is 1. The third kappa shape index (κ3) is 3.25. The van der Waals surface area contributed by atoms with Crippen LogP contribution >= 0.6 is 0 Å². The zero-order chi connectivity index (χ0) is 13.7. The Labute approximate surface area is 112 Å². The molecule has 4 nitrogen and oxygen atoms in total. The largest absolute Gasteiger partial charge is 0.328 e. The van der Waals surface area contributed by atoms with Crippen molar-refractivity contribution in [3.05, 3.63) is 53.6 Å². The molecule has 2 aromatic rings. The normalized spacial score (nSPS) is 10.6. The summed E-state index contributed by atoms with van der Waals surface area (Å²) in [6.45, 7) is 3.91. The summed E-state index contributed by atoms with van der Waals surface area (Å²) in [5, 5.41) is 11.1. The standard InChI is InChI=1S/C15H15N3O/c1-11-5-3-4-6-15(11)18-17-13-7-8-14(16-10-19)12(2)9-13/h3-10H,1-2H3,(H,16,19)/b18-17+. The highest BCUT2D eigenvalue weighted by Gasteiger charge is 1.99. The SMILES string of the molecule is Cc1ccccc1/N=N/c1ccc(NC=O)c(C)c1. The first kappa shape index (κ1) is 13.0. The zero-order valence-electron chi connectivity index (χ0n) is 10.9. The maximum atomic E-state index is 10.4. The molecule has 0 unspecified atom stereocenters. The molecule has 19 heavy (non-hydrogen) atoms. The molecule has 0 spiro atoms. The Morgan fingerprint density at radius 1 is 1.00 bits per heavy atom. The third-order valence-corrected chi connectivity index (χ3v) is 2.81. The fraction of sp³-hybridized carbons (Fsp3) is 0.133. The molecule has 0 radical (unpaired) electrons. The van der Waals surface area contributed by atoms with E-state index in [0.29, 0.717) is 6.41 Å². The summed E-state index contributed by atoms with van der Waals surface area (Å²) in [6.07, 6.45) is 0.664. The smallest absolute Gasteiger partial charge is 0.211 e. The Morgan fingerprint density at radius 3 is 2.47 bits per heavy atom. The molecular weight excluding hydrogens is 238 g/mol. The van der Waals surface area contributed by atoms with Gasteiger partial charge in [0, 0.05) is 5.69 Å². The predicted molar refractivity (Wildman–Crippen MR) is 76.2 cm³/mol. The van der Waals surface area contributed by atoms with Gasteiger partial charge < -0.3 is 5.32 Å². The number of rotatable bonds is 4. The second-order valence-corrected chi connectivity index (χ2v) is 4.25. The second kappa shape index (κ2) is 5.91. The van der Waals surface area contributed by atoms with Crippen LogP contribution in [0.25, 0.3) is 0 Å². The average molecular weight is 253 g/mol. The number of nitrogens with one attached hydrogen (secondary N) is 1. The Bertz CT molecular complexity index is 621. The first-order valence-corrected chi connectivity index (χ1v) is 5.99. The number of aryl methyl sites for hydroxylation is 2. The maximum Gasteiger partial charge on any atom is 0.211 e. The highest BCUT2D eigenvalue weighted by Crippen LogP contribution is 2.24. The monoisotopic (exact) mass is 253 g/mol. The van der Waals surface area contributed by atoms with Gasteiger partial charge in [0.25, 0.3) is 0 Å². The molecule has 0 fully saturated rings. The lowest BCUT2D eigenvalue weighted by atomic mass is 10.2. The van der Waals surface area contributed by atoms with Crippen LogP contribution in [-0.2, 0) is 4.79 Å². The fourth-order valence-electron chi connectivity index (χ4n) is 1.72. The molecule has 1 N–H and O–H groups in total. The van der Waals surface area contributed by atoms with Gasteiger partial charge in [-0.25, -0.2) is 0 Å². The highest BCUT2D eigenvalue weighted by atomic mass is 16.1. The molecule has 1 amide bonds. The number of hydrogen-bond acceptors (Lipinski definition) is 3. The van der Waals surface area contributed by atoms with Crippen LogP contribution < -0.4 is 5.32 Å². The quantitative estimate of drug-likeness (QED) is 0.641. The summed E-state index contributed by atoms with van der Waals surface area (Å²) >= 11 is 0. The second-order valence-electron chi connectivity index (χ2n) is 4.25. The van der Waals surface area contributed by atoms with Crippen molar-refractivity contribution < 1.29 is 4.79 Å². The van der Waals surface area contributed by atoms with Crippen LogP contribution in [0.4, 0.5) is 17.1 Å². The Balaban J connectivity index is 2.22. The predicted octanol–water partition coefficient (Wildman–Crippen LogP) is 4.29. The van der Waals surface area contributed by atoms with Crippen LogP contribution in [0.5, 0.6) is 0 Å². The molecule has 0 saturated carbocycles. The van der Waals surface area contributed by atoms with Crippen molar-refractivity contribution in [1.29, 1.82) is 0 Å². The number of benzene rings is 2. The lowest BCUT2D eigenvalue weighted by molar-refractivity contribution is -0.105. The van der Waals surface area contributed by atoms with E-state index in [4.69, 9.17) is 0 Å². The van der Waals surface area contributed by atoms with Crippen molar-refractivity contribution in [2.24, 2.45) is 10.2 Å². The molecule has 0 bridgehead atoms. The molecule has 0 aromatic heterocycles. The van der Waals surface area contributed by atoms with E-state index in [2.05, 4.69) is 15.5 Å². The molecular formula is C15H15N3O. The molecule has 0 saturated heterocycles. The van der Waals surface area contributed by atoms with E-state index in [1.807, 2.05) is 56.3 Å². The summed E-state index contributed by atoms with van der Waals surface area (Å²) in [6, 6.07) is 13.3. The first-order valence-electron chi connectivity index (χ1n) is 5.99. The molecule has 4 heteroatoms. The van der Waals surface area contributed by atoms with Crippen LogP contribution in [-0.4, -0.2) is 6.41 Å². The Kier molecular flexibility index (Phi) is 4.03. The van der Waals surface area contributed by atoms with Crippen molar-refractivity contribution in [1.82, 2.24) is 0 Å². The third-order valence-electron chi connectivity index (χ3n) is 2.81. The molecule has 2 aromatic carbocycles. The minimum atomic E-state index is 0.664. The van der Waals surface area contributed by atoms with Crippen LogP contribution in [0, 0.1) is 13.8 Å². The van der Waals surface area contributed by atoms with E-state index in [0.717, 1.165) is 28.2 Å². The minimum Gasteiger partial charge on any atom is -0.328 e. The van der Waals surface area contributed by atoms with Crippen molar-refractivity contribution in [2.75, 3.05) is 5.32 Å². The topological polar surface area (TPSA) is 53.8 Å². The lowest BCUT2D eigenvalue weighted by Gasteiger charge is -2.04. The van der Waals surface area contributed by atoms with E-state index in [1.54, 1.807) is 0 Å². The molecule has 0 heterocycles. The van der Waals surface area contributed by atoms with Crippen molar-refractivity contribution in [3.8, 4) is 0 Å². The molecule has 0 aliphatic heterocycles. The van der Waals surface area contributed by atoms with E-state index in [1.165, 1.54) is 0 Å². The van der Waals surface area contributed by atoms with E-state index >= 15 is 0 Å². The molecule has 0 aliphatic carbocycles. The van der Waals surface area contributed by atoms with E-state index in [-0.39, 0.29) is 0 Å². The number of carbonyl (C=O) groups excluding carboxylic acids is 1. The van der Waals surface area contributed by atoms with Crippen molar-refractivity contribution in [3.63, 3.8) is 0 Å². The summed E-state index contributed by atoms with van der Waals surface area (Å²) in [5.74, 6) is 0. The number of carbonyl (C=O) groups is 1. The van der Waals surface area contributed by atoms with Gasteiger partial charge in [-0.3, -0.25) is 4.79 Å². The summed E-state index contributed by atoms with van der Waals surface area (Å²) in [5.41, 5.74) is 4.44. The zero-order valence-corrected chi connectivity index (χ0v) is 10.9. The van der Waals surface area contributed by atoms with Gasteiger partial charge in [0.2, 0.25) is 6.41 Å².